The first-order valence-electron chi connectivity index (χ1n) is 5.55. The SMILES string of the molecule is CC(C)=CC1C(C(=O)NCC(F)(F)F)C1(C)C. The molecular formula is C12H18F3NO. The zero-order valence-corrected chi connectivity index (χ0v) is 10.5. The zero-order chi connectivity index (χ0) is 13.4. The summed E-state index contributed by atoms with van der Waals surface area (Å²) < 4.78 is 35.9. The molecule has 2 nitrogen and oxygen atoms in total. The van der Waals surface area contributed by atoms with Gasteiger partial charge in [0.2, 0.25) is 5.91 Å². The van der Waals surface area contributed by atoms with Crippen molar-refractivity contribution in [1.82, 2.24) is 5.32 Å². The number of rotatable bonds is 3. The Bertz CT molecular complexity index is 340. The molecule has 1 aliphatic carbocycles. The summed E-state index contributed by atoms with van der Waals surface area (Å²) in [7, 11) is 0. The van der Waals surface area contributed by atoms with E-state index in [1.54, 1.807) is 0 Å². The molecule has 0 aliphatic heterocycles. The number of hydrogen-bond donors (Lipinski definition) is 1. The fourth-order valence-corrected chi connectivity index (χ4v) is 2.15. The molecule has 0 spiro atoms. The Morgan fingerprint density at radius 2 is 1.88 bits per heavy atom. The zero-order valence-electron chi connectivity index (χ0n) is 10.5. The number of halogens is 3. The Kier molecular flexibility index (Phi) is 3.60. The van der Waals surface area contributed by atoms with Gasteiger partial charge in [-0.1, -0.05) is 25.5 Å². The van der Waals surface area contributed by atoms with Crippen LogP contribution in [0.25, 0.3) is 0 Å². The van der Waals surface area contributed by atoms with Crippen LogP contribution in [-0.2, 0) is 4.79 Å². The summed E-state index contributed by atoms with van der Waals surface area (Å²) in [4.78, 5) is 11.6. The van der Waals surface area contributed by atoms with Crippen LogP contribution in [0, 0.1) is 17.3 Å². The van der Waals surface area contributed by atoms with Crippen molar-refractivity contribution < 1.29 is 18.0 Å². The quantitative estimate of drug-likeness (QED) is 0.765. The van der Waals surface area contributed by atoms with Gasteiger partial charge in [-0.15, -0.1) is 0 Å². The highest BCUT2D eigenvalue weighted by Crippen LogP contribution is 2.59. The van der Waals surface area contributed by atoms with E-state index >= 15 is 0 Å². The lowest BCUT2D eigenvalue weighted by molar-refractivity contribution is -0.139. The first-order valence-corrected chi connectivity index (χ1v) is 5.55. The average molecular weight is 249 g/mol. The molecule has 5 heteroatoms. The predicted molar refractivity (Wildman–Crippen MR) is 59.3 cm³/mol. The molecular weight excluding hydrogens is 231 g/mol. The molecule has 0 saturated heterocycles. The van der Waals surface area contributed by atoms with Crippen molar-refractivity contribution in [3.05, 3.63) is 11.6 Å². The molecule has 0 aromatic rings. The van der Waals surface area contributed by atoms with Crippen LogP contribution in [0.2, 0.25) is 0 Å². The molecule has 0 bridgehead atoms. The van der Waals surface area contributed by atoms with Crippen molar-refractivity contribution in [1.29, 1.82) is 0 Å². The third-order valence-corrected chi connectivity index (χ3v) is 3.17. The van der Waals surface area contributed by atoms with Gasteiger partial charge in [-0.25, -0.2) is 0 Å². The Hall–Kier alpha value is -1.00. The molecule has 1 N–H and O–H groups in total. The van der Waals surface area contributed by atoms with Crippen molar-refractivity contribution >= 4 is 5.91 Å². The molecule has 98 valence electrons. The molecule has 0 radical (unpaired) electrons. The predicted octanol–water partition coefficient (Wildman–Crippen LogP) is 2.90. The Balaban J connectivity index is 2.58. The fraction of sp³-hybridized carbons (Fsp3) is 0.750. The highest BCUT2D eigenvalue weighted by Gasteiger charge is 2.60. The topological polar surface area (TPSA) is 29.1 Å². The van der Waals surface area contributed by atoms with Crippen molar-refractivity contribution in [3.8, 4) is 0 Å². The Labute approximate surface area is 99.3 Å². The maximum Gasteiger partial charge on any atom is 0.405 e. The first-order chi connectivity index (χ1) is 7.55. The summed E-state index contributed by atoms with van der Waals surface area (Å²) in [6.45, 7) is 6.38. The number of carbonyl (C=O) groups is 1. The van der Waals surface area contributed by atoms with Gasteiger partial charge >= 0.3 is 6.18 Å². The number of alkyl halides is 3. The van der Waals surface area contributed by atoms with Gasteiger partial charge in [-0.05, 0) is 25.2 Å². The van der Waals surface area contributed by atoms with Crippen LogP contribution in [0.1, 0.15) is 27.7 Å². The van der Waals surface area contributed by atoms with E-state index in [0.29, 0.717) is 0 Å². The molecule has 0 aromatic carbocycles. The van der Waals surface area contributed by atoms with Gasteiger partial charge in [-0.3, -0.25) is 4.79 Å². The number of hydrogen-bond acceptors (Lipinski definition) is 1. The molecule has 17 heavy (non-hydrogen) atoms. The monoisotopic (exact) mass is 249 g/mol. The summed E-state index contributed by atoms with van der Waals surface area (Å²) in [6.07, 6.45) is -2.39. The third-order valence-electron chi connectivity index (χ3n) is 3.17. The van der Waals surface area contributed by atoms with E-state index in [0.717, 1.165) is 5.57 Å². The van der Waals surface area contributed by atoms with Crippen LogP contribution in [-0.4, -0.2) is 18.6 Å². The van der Waals surface area contributed by atoms with E-state index in [2.05, 4.69) is 0 Å². The highest BCUT2D eigenvalue weighted by atomic mass is 19.4. The molecule has 1 aliphatic rings. The van der Waals surface area contributed by atoms with Crippen LogP contribution < -0.4 is 5.32 Å². The largest absolute Gasteiger partial charge is 0.405 e. The minimum atomic E-state index is -4.35. The normalized spacial score (nSPS) is 26.3. The van der Waals surface area contributed by atoms with Crippen LogP contribution in [0.5, 0.6) is 0 Å². The maximum atomic E-state index is 12.0. The molecule has 0 heterocycles. The first kappa shape index (κ1) is 14.1. The minimum absolute atomic E-state index is 0.0423. The summed E-state index contributed by atoms with van der Waals surface area (Å²) >= 11 is 0. The van der Waals surface area contributed by atoms with Gasteiger partial charge in [-0.2, -0.15) is 13.2 Å². The second kappa shape index (κ2) is 4.35. The summed E-state index contributed by atoms with van der Waals surface area (Å²) in [5, 5.41) is 1.95. The third kappa shape index (κ3) is 3.48. The van der Waals surface area contributed by atoms with Gasteiger partial charge in [0, 0.05) is 0 Å². The van der Waals surface area contributed by atoms with Crippen LogP contribution in [0.4, 0.5) is 13.2 Å². The average Bonchev–Trinajstić information content (AvgIpc) is 2.62. The molecule has 1 rings (SSSR count). The van der Waals surface area contributed by atoms with E-state index in [4.69, 9.17) is 0 Å². The fourth-order valence-electron chi connectivity index (χ4n) is 2.15. The number of amides is 1. The lowest BCUT2D eigenvalue weighted by Gasteiger charge is -2.08. The minimum Gasteiger partial charge on any atom is -0.347 e. The van der Waals surface area contributed by atoms with Crippen LogP contribution in [0.15, 0.2) is 11.6 Å². The summed E-state index contributed by atoms with van der Waals surface area (Å²) in [5.41, 5.74) is 0.835. The van der Waals surface area contributed by atoms with Crippen molar-refractivity contribution in [2.45, 2.75) is 33.9 Å². The lowest BCUT2D eigenvalue weighted by atomic mass is 10.1. The molecule has 2 atom stereocenters. The van der Waals surface area contributed by atoms with Gasteiger partial charge in [0.15, 0.2) is 0 Å². The maximum absolute atomic E-state index is 12.0. The highest BCUT2D eigenvalue weighted by molar-refractivity contribution is 5.83. The Morgan fingerprint density at radius 1 is 1.35 bits per heavy atom. The summed E-state index contributed by atoms with van der Waals surface area (Å²) in [6, 6.07) is 0. The molecule has 2 unspecified atom stereocenters. The van der Waals surface area contributed by atoms with Crippen molar-refractivity contribution in [2.24, 2.45) is 17.3 Å². The van der Waals surface area contributed by atoms with Crippen molar-refractivity contribution in [2.75, 3.05) is 6.54 Å². The second-order valence-electron chi connectivity index (χ2n) is 5.40. The molecule has 0 aromatic heterocycles. The van der Waals surface area contributed by atoms with Gasteiger partial charge in [0.1, 0.15) is 6.54 Å². The van der Waals surface area contributed by atoms with Crippen LogP contribution >= 0.6 is 0 Å². The summed E-state index contributed by atoms with van der Waals surface area (Å²) in [5.74, 6) is -0.810. The van der Waals surface area contributed by atoms with Gasteiger partial charge in [0.25, 0.3) is 0 Å². The smallest absolute Gasteiger partial charge is 0.347 e. The van der Waals surface area contributed by atoms with E-state index in [1.807, 2.05) is 39.1 Å². The van der Waals surface area contributed by atoms with E-state index in [-0.39, 0.29) is 17.3 Å². The number of nitrogens with one attached hydrogen (secondary N) is 1. The lowest BCUT2D eigenvalue weighted by Crippen LogP contribution is -2.35. The van der Waals surface area contributed by atoms with Crippen LogP contribution in [0.3, 0.4) is 0 Å². The Morgan fingerprint density at radius 3 is 2.29 bits per heavy atom. The van der Waals surface area contributed by atoms with Gasteiger partial charge < -0.3 is 5.32 Å². The standard InChI is InChI=1S/C12H18F3NO/c1-7(2)5-8-9(11(8,3)4)10(17)16-6-12(13,14)15/h5,8-9H,6H2,1-4H3,(H,16,17). The van der Waals surface area contributed by atoms with E-state index in [1.165, 1.54) is 0 Å². The second-order valence-corrected chi connectivity index (χ2v) is 5.40. The molecule has 1 fully saturated rings. The van der Waals surface area contributed by atoms with E-state index in [9.17, 15) is 18.0 Å². The molecule has 1 amide bonds. The molecule has 1 saturated carbocycles. The van der Waals surface area contributed by atoms with E-state index < -0.39 is 18.6 Å². The number of allylic oxidation sites excluding steroid dienone is 2. The van der Waals surface area contributed by atoms with Gasteiger partial charge in [0.05, 0.1) is 5.92 Å². The number of carbonyl (C=O) groups excluding carboxylic acids is 1. The van der Waals surface area contributed by atoms with Crippen molar-refractivity contribution in [3.63, 3.8) is 0 Å².